The minimum atomic E-state index is -4.56. The first kappa shape index (κ1) is 26.5. The number of benzene rings is 2. The van der Waals surface area contributed by atoms with Crippen LogP contribution < -0.4 is 24.4 Å². The Morgan fingerprint density at radius 3 is 2.38 bits per heavy atom. The van der Waals surface area contributed by atoms with E-state index in [-0.39, 0.29) is 23.7 Å². The van der Waals surface area contributed by atoms with E-state index < -0.39 is 18.3 Å². The first-order valence-electron chi connectivity index (χ1n) is 12.5. The number of carbonyl (C=O) groups excluding carboxylic acids is 1. The first-order valence-corrected chi connectivity index (χ1v) is 12.5. The summed E-state index contributed by atoms with van der Waals surface area (Å²) in [7, 11) is 4.56. The van der Waals surface area contributed by atoms with Gasteiger partial charge in [-0.1, -0.05) is 12.1 Å². The van der Waals surface area contributed by atoms with E-state index in [2.05, 4.69) is 15.3 Å². The number of carbonyl (C=O) groups is 1. The molecule has 12 heteroatoms. The Morgan fingerprint density at radius 2 is 1.72 bits per heavy atom. The summed E-state index contributed by atoms with van der Waals surface area (Å²) in [5.41, 5.74) is 1.68. The number of aromatic nitrogens is 2. The molecule has 0 bridgehead atoms. The normalized spacial score (nSPS) is 19.2. The number of hydrogen-bond acceptors (Lipinski definition) is 7. The number of ether oxygens (including phenoxy) is 3. The fourth-order valence-corrected chi connectivity index (χ4v) is 5.15. The standard InChI is InChI=1S/C27H30F3N5O4/c1-37-19-6-4-5-18(14-19)33-9-11-34(12-10-33)26(36)20-16-31-35-24(27(28,29)30)15-21(32-25(20)35)17-7-8-22(38-2)23(13-17)39-3/h4-8,13-14,16,21,24,32H,9-12,15H2,1-3H3/t21-,24+/m1/s1. The molecule has 39 heavy (non-hydrogen) atoms. The van der Waals surface area contributed by atoms with Crippen molar-refractivity contribution in [2.45, 2.75) is 24.7 Å². The van der Waals surface area contributed by atoms with Gasteiger partial charge in [-0.05, 0) is 29.8 Å². The van der Waals surface area contributed by atoms with Crippen molar-refractivity contribution >= 4 is 17.4 Å². The monoisotopic (exact) mass is 545 g/mol. The summed E-state index contributed by atoms with van der Waals surface area (Å²) < 4.78 is 59.3. The molecule has 1 N–H and O–H groups in total. The van der Waals surface area contributed by atoms with Crippen LogP contribution in [0.15, 0.2) is 48.7 Å². The number of rotatable bonds is 6. The molecular formula is C27H30F3N5O4. The second-order valence-electron chi connectivity index (χ2n) is 9.44. The zero-order valence-electron chi connectivity index (χ0n) is 21.9. The largest absolute Gasteiger partial charge is 0.497 e. The molecule has 2 aromatic carbocycles. The number of amides is 1. The number of methoxy groups -OCH3 is 3. The third kappa shape index (κ3) is 5.15. The molecule has 0 saturated carbocycles. The van der Waals surface area contributed by atoms with E-state index in [0.717, 1.165) is 16.1 Å². The van der Waals surface area contributed by atoms with Crippen LogP contribution in [0.25, 0.3) is 0 Å². The number of nitrogens with one attached hydrogen (secondary N) is 1. The van der Waals surface area contributed by atoms with Crippen molar-refractivity contribution < 1.29 is 32.2 Å². The zero-order valence-corrected chi connectivity index (χ0v) is 21.9. The quantitative estimate of drug-likeness (QED) is 0.488. The van der Waals surface area contributed by atoms with Crippen LogP contribution in [0.1, 0.15) is 34.4 Å². The fourth-order valence-electron chi connectivity index (χ4n) is 5.15. The van der Waals surface area contributed by atoms with Gasteiger partial charge in [0.25, 0.3) is 5.91 Å². The van der Waals surface area contributed by atoms with Crippen LogP contribution in [-0.4, -0.2) is 74.3 Å². The average molecular weight is 546 g/mol. The van der Waals surface area contributed by atoms with Gasteiger partial charge in [0, 0.05) is 44.4 Å². The van der Waals surface area contributed by atoms with Crippen molar-refractivity contribution in [3.05, 3.63) is 59.8 Å². The molecule has 0 aliphatic carbocycles. The Morgan fingerprint density at radius 1 is 0.974 bits per heavy atom. The molecule has 1 saturated heterocycles. The second-order valence-corrected chi connectivity index (χ2v) is 9.44. The number of piperazine rings is 1. The molecule has 9 nitrogen and oxygen atoms in total. The maximum Gasteiger partial charge on any atom is 0.410 e. The smallest absolute Gasteiger partial charge is 0.410 e. The molecule has 1 aromatic heterocycles. The maximum atomic E-state index is 14.2. The molecule has 2 aliphatic heterocycles. The van der Waals surface area contributed by atoms with E-state index in [1.54, 1.807) is 30.2 Å². The molecule has 3 aromatic rings. The highest BCUT2D eigenvalue weighted by Crippen LogP contribution is 2.45. The van der Waals surface area contributed by atoms with E-state index >= 15 is 0 Å². The van der Waals surface area contributed by atoms with Gasteiger partial charge in [-0.25, -0.2) is 4.68 Å². The summed E-state index contributed by atoms with van der Waals surface area (Å²) in [6.45, 7) is 2.00. The van der Waals surface area contributed by atoms with E-state index in [9.17, 15) is 18.0 Å². The molecule has 3 heterocycles. The Balaban J connectivity index is 1.38. The van der Waals surface area contributed by atoms with Crippen molar-refractivity contribution in [3.8, 4) is 17.2 Å². The molecule has 208 valence electrons. The van der Waals surface area contributed by atoms with Gasteiger partial charge < -0.3 is 29.3 Å². The van der Waals surface area contributed by atoms with Crippen LogP contribution in [0, 0.1) is 0 Å². The van der Waals surface area contributed by atoms with Crippen LogP contribution in [0.3, 0.4) is 0 Å². The molecule has 2 aliphatic rings. The van der Waals surface area contributed by atoms with E-state index in [4.69, 9.17) is 14.2 Å². The van der Waals surface area contributed by atoms with Crippen molar-refractivity contribution in [1.29, 1.82) is 0 Å². The lowest BCUT2D eigenvalue weighted by Crippen LogP contribution is -2.49. The fraction of sp³-hybridized carbons (Fsp3) is 0.407. The lowest BCUT2D eigenvalue weighted by molar-refractivity contribution is -0.173. The summed E-state index contributed by atoms with van der Waals surface area (Å²) >= 11 is 0. The predicted octanol–water partition coefficient (Wildman–Crippen LogP) is 4.53. The van der Waals surface area contributed by atoms with Gasteiger partial charge in [0.05, 0.1) is 33.6 Å². The number of hydrogen-bond donors (Lipinski definition) is 1. The van der Waals surface area contributed by atoms with Crippen LogP contribution in [0.4, 0.5) is 24.7 Å². The maximum absolute atomic E-state index is 14.2. The van der Waals surface area contributed by atoms with Crippen molar-refractivity contribution in [1.82, 2.24) is 14.7 Å². The third-order valence-electron chi connectivity index (χ3n) is 7.26. The van der Waals surface area contributed by atoms with Gasteiger partial charge in [-0.15, -0.1) is 0 Å². The van der Waals surface area contributed by atoms with Crippen molar-refractivity contribution in [2.75, 3.05) is 57.7 Å². The van der Waals surface area contributed by atoms with Crippen molar-refractivity contribution in [3.63, 3.8) is 0 Å². The van der Waals surface area contributed by atoms with Crippen LogP contribution in [0.2, 0.25) is 0 Å². The topological polar surface area (TPSA) is 81.1 Å². The lowest BCUT2D eigenvalue weighted by Gasteiger charge is -2.37. The number of nitrogens with zero attached hydrogens (tertiary/aromatic N) is 4. The van der Waals surface area contributed by atoms with Gasteiger partial charge in [0.15, 0.2) is 17.5 Å². The Hall–Kier alpha value is -4.09. The summed E-state index contributed by atoms with van der Waals surface area (Å²) in [4.78, 5) is 17.3. The lowest BCUT2D eigenvalue weighted by atomic mass is 9.96. The average Bonchev–Trinajstić information content (AvgIpc) is 3.39. The van der Waals surface area contributed by atoms with Crippen LogP contribution in [0.5, 0.6) is 17.2 Å². The van der Waals surface area contributed by atoms with Gasteiger partial charge >= 0.3 is 6.18 Å². The van der Waals surface area contributed by atoms with Crippen molar-refractivity contribution in [2.24, 2.45) is 0 Å². The predicted molar refractivity (Wildman–Crippen MR) is 139 cm³/mol. The molecule has 0 radical (unpaired) electrons. The number of fused-ring (bicyclic) bond motifs is 1. The number of halogens is 3. The molecule has 0 unspecified atom stereocenters. The second kappa shape index (κ2) is 10.6. The SMILES string of the molecule is COc1cccc(N2CCN(C(=O)c3cnn4c3N[C@@H](c3ccc(OC)c(OC)c3)C[C@H]4C(F)(F)F)CC2)c1. The zero-order chi connectivity index (χ0) is 27.7. The van der Waals surface area contributed by atoms with Gasteiger partial charge in [-0.2, -0.15) is 18.3 Å². The highest BCUT2D eigenvalue weighted by atomic mass is 19.4. The van der Waals surface area contributed by atoms with Gasteiger partial charge in [0.2, 0.25) is 0 Å². The number of alkyl halides is 3. The summed E-state index contributed by atoms with van der Waals surface area (Å²) in [5.74, 6) is 1.32. The minimum absolute atomic E-state index is 0.0589. The highest BCUT2D eigenvalue weighted by molar-refractivity contribution is 5.99. The van der Waals surface area contributed by atoms with E-state index in [1.807, 2.05) is 24.3 Å². The molecule has 1 fully saturated rings. The Labute approximate surface area is 224 Å². The highest BCUT2D eigenvalue weighted by Gasteiger charge is 2.47. The van der Waals surface area contributed by atoms with E-state index in [1.165, 1.54) is 20.4 Å². The molecule has 0 spiro atoms. The van der Waals surface area contributed by atoms with Gasteiger partial charge in [-0.3, -0.25) is 4.79 Å². The molecular weight excluding hydrogens is 515 g/mol. The number of anilines is 2. The summed E-state index contributed by atoms with van der Waals surface area (Å²) in [5, 5.41) is 7.16. The first-order chi connectivity index (χ1) is 18.7. The van der Waals surface area contributed by atoms with Crippen LogP contribution >= 0.6 is 0 Å². The minimum Gasteiger partial charge on any atom is -0.497 e. The molecule has 1 amide bonds. The summed E-state index contributed by atoms with van der Waals surface area (Å²) in [6, 6.07) is 10.1. The van der Waals surface area contributed by atoms with Crippen LogP contribution in [-0.2, 0) is 0 Å². The Kier molecular flexibility index (Phi) is 7.19. The molecule has 5 rings (SSSR count). The third-order valence-corrected chi connectivity index (χ3v) is 7.26. The molecule has 2 atom stereocenters. The summed E-state index contributed by atoms with van der Waals surface area (Å²) in [6.07, 6.45) is -3.62. The Bertz CT molecular complexity index is 1340. The van der Waals surface area contributed by atoms with E-state index in [0.29, 0.717) is 43.2 Å². The van der Waals surface area contributed by atoms with Gasteiger partial charge in [0.1, 0.15) is 17.1 Å².